The number of anilines is 2. The van der Waals surface area contributed by atoms with Crippen molar-refractivity contribution in [3.63, 3.8) is 0 Å². The average Bonchev–Trinajstić information content (AvgIpc) is 3.23. The van der Waals surface area contributed by atoms with Crippen LogP contribution < -0.4 is 15.4 Å². The van der Waals surface area contributed by atoms with Crippen LogP contribution in [0.4, 0.5) is 11.4 Å². The van der Waals surface area contributed by atoms with Gasteiger partial charge in [-0.25, -0.2) is 13.1 Å². The first kappa shape index (κ1) is 22.8. The van der Waals surface area contributed by atoms with Crippen molar-refractivity contribution >= 4 is 48.7 Å². The predicted octanol–water partition coefficient (Wildman–Crippen LogP) is 4.99. The zero-order valence-corrected chi connectivity index (χ0v) is 19.8. The van der Waals surface area contributed by atoms with Crippen LogP contribution in [0.3, 0.4) is 0 Å². The van der Waals surface area contributed by atoms with Crippen LogP contribution in [0.2, 0.25) is 0 Å². The summed E-state index contributed by atoms with van der Waals surface area (Å²) in [5.74, 6) is -0.857. The van der Waals surface area contributed by atoms with Gasteiger partial charge in [0.2, 0.25) is 10.0 Å². The molecule has 8 heteroatoms. The molecule has 3 aromatic carbocycles. The number of amides is 1. The van der Waals surface area contributed by atoms with E-state index in [0.717, 1.165) is 11.4 Å². The maximum atomic E-state index is 12.3. The number of rotatable bonds is 9. The zero-order chi connectivity index (χ0) is 23.3. The highest BCUT2D eigenvalue weighted by molar-refractivity contribution is 7.90. The Morgan fingerprint density at radius 2 is 1.58 bits per heavy atom. The first-order valence-electron chi connectivity index (χ1n) is 10.6. The Labute approximate surface area is 197 Å². The first-order valence-corrected chi connectivity index (χ1v) is 13.1. The highest BCUT2D eigenvalue weighted by Crippen LogP contribution is 2.30. The van der Waals surface area contributed by atoms with Gasteiger partial charge in [0.05, 0.1) is 17.1 Å². The highest BCUT2D eigenvalue weighted by atomic mass is 32.2. The summed E-state index contributed by atoms with van der Waals surface area (Å²) in [6.07, 6.45) is 0. The minimum Gasteiger partial charge on any atom is -0.382 e. The maximum absolute atomic E-state index is 12.3. The van der Waals surface area contributed by atoms with Crippen LogP contribution in [0, 0.1) is 6.92 Å². The predicted molar refractivity (Wildman–Crippen MR) is 137 cm³/mol. The minimum absolute atomic E-state index is 0.163. The molecule has 0 bridgehead atoms. The minimum atomic E-state index is -3.77. The first-order chi connectivity index (χ1) is 15.9. The fourth-order valence-electron chi connectivity index (χ4n) is 3.62. The Bertz CT molecular complexity index is 1370. The number of hydrogen-bond acceptors (Lipinski definition) is 6. The van der Waals surface area contributed by atoms with Gasteiger partial charge >= 0.3 is 0 Å². The number of carbonyl (C=O) groups excluding carboxylic acids is 1. The molecule has 0 atom stereocenters. The summed E-state index contributed by atoms with van der Waals surface area (Å²) >= 11 is 1.73. The van der Waals surface area contributed by atoms with Crippen molar-refractivity contribution in [2.75, 3.05) is 22.9 Å². The lowest BCUT2D eigenvalue weighted by atomic mass is 10.1. The summed E-state index contributed by atoms with van der Waals surface area (Å²) in [7, 11) is -3.77. The fourth-order valence-corrected chi connectivity index (χ4v) is 5.53. The SMILES string of the molecule is Cc1cccc2scc(CNc3ccccc3NCCS(=O)(=O)NC(=O)c3ccccc3)c12. The van der Waals surface area contributed by atoms with Crippen LogP contribution >= 0.6 is 11.3 Å². The van der Waals surface area contributed by atoms with Crippen molar-refractivity contribution in [2.45, 2.75) is 13.5 Å². The van der Waals surface area contributed by atoms with Gasteiger partial charge in [-0.3, -0.25) is 4.79 Å². The van der Waals surface area contributed by atoms with E-state index in [2.05, 4.69) is 45.9 Å². The number of sulfonamides is 1. The van der Waals surface area contributed by atoms with Crippen LogP contribution in [0.25, 0.3) is 10.1 Å². The lowest BCUT2D eigenvalue weighted by Crippen LogP contribution is -2.34. The summed E-state index contributed by atoms with van der Waals surface area (Å²) in [4.78, 5) is 12.1. The van der Waals surface area contributed by atoms with Crippen molar-refractivity contribution in [2.24, 2.45) is 0 Å². The number of aryl methyl sites for hydroxylation is 1. The van der Waals surface area contributed by atoms with Crippen LogP contribution in [-0.4, -0.2) is 26.6 Å². The number of fused-ring (bicyclic) bond motifs is 1. The number of hydrogen-bond donors (Lipinski definition) is 3. The third kappa shape index (κ3) is 5.71. The molecule has 0 saturated carbocycles. The monoisotopic (exact) mass is 479 g/mol. The molecule has 0 spiro atoms. The second-order valence-electron chi connectivity index (χ2n) is 7.65. The quantitative estimate of drug-likeness (QED) is 0.315. The molecule has 4 rings (SSSR count). The van der Waals surface area contributed by atoms with E-state index in [-0.39, 0.29) is 12.3 Å². The molecule has 6 nitrogen and oxygen atoms in total. The Hall–Kier alpha value is -3.36. The molecule has 0 unspecified atom stereocenters. The Morgan fingerprint density at radius 1 is 0.879 bits per heavy atom. The normalized spacial score (nSPS) is 11.3. The molecule has 0 fully saturated rings. The van der Waals surface area contributed by atoms with E-state index in [1.165, 1.54) is 21.2 Å². The molecule has 33 heavy (non-hydrogen) atoms. The lowest BCUT2D eigenvalue weighted by molar-refractivity contribution is 0.0981. The Kier molecular flexibility index (Phi) is 6.96. The number of nitrogens with one attached hydrogen (secondary N) is 3. The van der Waals surface area contributed by atoms with Gasteiger partial charge in [-0.15, -0.1) is 11.3 Å². The van der Waals surface area contributed by atoms with E-state index in [1.807, 2.05) is 24.3 Å². The summed E-state index contributed by atoms with van der Waals surface area (Å²) in [5, 5.41) is 10.1. The van der Waals surface area contributed by atoms with Crippen LogP contribution in [0.1, 0.15) is 21.5 Å². The Balaban J connectivity index is 1.36. The molecule has 1 heterocycles. The van der Waals surface area contributed by atoms with Crippen molar-refractivity contribution < 1.29 is 13.2 Å². The third-order valence-electron chi connectivity index (χ3n) is 5.25. The van der Waals surface area contributed by atoms with E-state index in [0.29, 0.717) is 12.1 Å². The Morgan fingerprint density at radius 3 is 2.33 bits per heavy atom. The van der Waals surface area contributed by atoms with E-state index < -0.39 is 15.9 Å². The van der Waals surface area contributed by atoms with E-state index in [9.17, 15) is 13.2 Å². The largest absolute Gasteiger partial charge is 0.382 e. The number of carbonyl (C=O) groups is 1. The van der Waals surface area contributed by atoms with Gasteiger partial charge in [0.25, 0.3) is 5.91 Å². The zero-order valence-electron chi connectivity index (χ0n) is 18.2. The van der Waals surface area contributed by atoms with Crippen molar-refractivity contribution in [3.8, 4) is 0 Å². The van der Waals surface area contributed by atoms with Crippen LogP contribution in [0.15, 0.2) is 78.2 Å². The average molecular weight is 480 g/mol. The molecule has 1 aromatic heterocycles. The lowest BCUT2D eigenvalue weighted by Gasteiger charge is -2.14. The summed E-state index contributed by atoms with van der Waals surface area (Å²) in [6.45, 7) is 2.94. The van der Waals surface area contributed by atoms with Gasteiger partial charge in [0.1, 0.15) is 0 Å². The van der Waals surface area contributed by atoms with Gasteiger partial charge < -0.3 is 10.6 Å². The van der Waals surface area contributed by atoms with Crippen molar-refractivity contribution in [1.29, 1.82) is 0 Å². The van der Waals surface area contributed by atoms with Gasteiger partial charge in [0, 0.05) is 28.7 Å². The van der Waals surface area contributed by atoms with Crippen molar-refractivity contribution in [3.05, 3.63) is 94.9 Å². The smallest absolute Gasteiger partial charge is 0.264 e. The molecule has 0 saturated heterocycles. The molecule has 0 aliphatic heterocycles. The topological polar surface area (TPSA) is 87.3 Å². The van der Waals surface area contributed by atoms with Gasteiger partial charge in [0.15, 0.2) is 0 Å². The van der Waals surface area contributed by atoms with Gasteiger partial charge in [-0.05, 0) is 53.8 Å². The second kappa shape index (κ2) is 10.1. The number of thiophene rings is 1. The molecular formula is C25H25N3O3S2. The molecule has 170 valence electrons. The van der Waals surface area contributed by atoms with Crippen LogP contribution in [0.5, 0.6) is 0 Å². The highest BCUT2D eigenvalue weighted by Gasteiger charge is 2.16. The standard InChI is InChI=1S/C25H25N3O3S2/c1-18-8-7-13-23-24(18)20(17-32-23)16-27-22-12-6-5-11-21(22)26-14-15-33(30,31)28-25(29)19-9-3-2-4-10-19/h2-13,17,26-27H,14-16H2,1H3,(H,28,29). The summed E-state index contributed by atoms with van der Waals surface area (Å²) in [6, 6.07) is 22.3. The maximum Gasteiger partial charge on any atom is 0.264 e. The second-order valence-corrected chi connectivity index (χ2v) is 10.4. The van der Waals surface area contributed by atoms with Gasteiger partial charge in [-0.2, -0.15) is 0 Å². The third-order valence-corrected chi connectivity index (χ3v) is 7.49. The summed E-state index contributed by atoms with van der Waals surface area (Å²) < 4.78 is 28.1. The molecule has 0 radical (unpaired) electrons. The molecule has 0 aliphatic rings. The molecule has 0 aliphatic carbocycles. The molecule has 3 N–H and O–H groups in total. The van der Waals surface area contributed by atoms with Gasteiger partial charge in [-0.1, -0.05) is 42.5 Å². The number of benzene rings is 3. The molecule has 1 amide bonds. The summed E-state index contributed by atoms with van der Waals surface area (Å²) in [5.41, 5.74) is 4.48. The molecule has 4 aromatic rings. The van der Waals surface area contributed by atoms with E-state index in [4.69, 9.17) is 0 Å². The van der Waals surface area contributed by atoms with E-state index >= 15 is 0 Å². The molecular weight excluding hydrogens is 454 g/mol. The van der Waals surface area contributed by atoms with Crippen molar-refractivity contribution in [1.82, 2.24) is 4.72 Å². The number of para-hydroxylation sites is 2. The van der Waals surface area contributed by atoms with E-state index in [1.54, 1.807) is 41.7 Å². The van der Waals surface area contributed by atoms with Crippen LogP contribution in [-0.2, 0) is 16.6 Å². The fraction of sp³-hybridized carbons (Fsp3) is 0.160.